The fourth-order valence-electron chi connectivity index (χ4n) is 2.19. The second-order valence-corrected chi connectivity index (χ2v) is 4.51. The number of anilines is 1. The van der Waals surface area contributed by atoms with Gasteiger partial charge in [0.25, 0.3) is 11.7 Å². The van der Waals surface area contributed by atoms with Crippen molar-refractivity contribution in [1.82, 2.24) is 0 Å². The van der Waals surface area contributed by atoms with Crippen LogP contribution >= 0.6 is 0 Å². The molecule has 4 heteroatoms. The van der Waals surface area contributed by atoms with Gasteiger partial charge in [-0.3, -0.25) is 9.59 Å². The van der Waals surface area contributed by atoms with Gasteiger partial charge in [-0.2, -0.15) is 0 Å². The third-order valence-corrected chi connectivity index (χ3v) is 3.17. The maximum atomic E-state index is 13.1. The molecule has 3 nitrogen and oxygen atoms in total. The van der Waals surface area contributed by atoms with E-state index in [-0.39, 0.29) is 5.56 Å². The van der Waals surface area contributed by atoms with Gasteiger partial charge in [-0.05, 0) is 24.6 Å². The number of carbonyl (C=O) groups excluding carboxylic acids is 2. The number of hydrogen-bond acceptors (Lipinski definition) is 2. The molecular weight excluding hydrogens is 233 g/mol. The molecule has 18 heavy (non-hydrogen) atoms. The van der Waals surface area contributed by atoms with Crippen LogP contribution in [0.25, 0.3) is 0 Å². The van der Waals surface area contributed by atoms with Crippen LogP contribution in [0.1, 0.15) is 43.0 Å². The van der Waals surface area contributed by atoms with E-state index < -0.39 is 17.5 Å². The Morgan fingerprint density at radius 2 is 1.94 bits per heavy atom. The Morgan fingerprint density at radius 1 is 1.17 bits per heavy atom. The van der Waals surface area contributed by atoms with E-state index in [0.717, 1.165) is 31.7 Å². The number of unbranched alkanes of at least 4 members (excludes halogenated alkanes) is 3. The van der Waals surface area contributed by atoms with Crippen molar-refractivity contribution in [1.29, 1.82) is 0 Å². The first-order valence-electron chi connectivity index (χ1n) is 6.31. The van der Waals surface area contributed by atoms with Gasteiger partial charge >= 0.3 is 0 Å². The lowest BCUT2D eigenvalue weighted by Crippen LogP contribution is -2.30. The zero-order chi connectivity index (χ0) is 13.1. The molecule has 0 saturated heterocycles. The van der Waals surface area contributed by atoms with E-state index in [9.17, 15) is 14.0 Å². The molecule has 1 aliphatic heterocycles. The van der Waals surface area contributed by atoms with Crippen molar-refractivity contribution in [2.75, 3.05) is 11.4 Å². The summed E-state index contributed by atoms with van der Waals surface area (Å²) in [4.78, 5) is 24.9. The third-order valence-electron chi connectivity index (χ3n) is 3.17. The summed E-state index contributed by atoms with van der Waals surface area (Å²) in [5.74, 6) is -1.62. The summed E-state index contributed by atoms with van der Waals surface area (Å²) in [6, 6.07) is 3.93. The van der Waals surface area contributed by atoms with Crippen molar-refractivity contribution >= 4 is 17.4 Å². The van der Waals surface area contributed by atoms with Crippen molar-refractivity contribution in [3.63, 3.8) is 0 Å². The zero-order valence-corrected chi connectivity index (χ0v) is 10.4. The van der Waals surface area contributed by atoms with Crippen LogP contribution in [0.2, 0.25) is 0 Å². The van der Waals surface area contributed by atoms with Crippen molar-refractivity contribution < 1.29 is 14.0 Å². The minimum atomic E-state index is -0.597. The van der Waals surface area contributed by atoms with E-state index in [1.54, 1.807) is 0 Å². The molecule has 0 saturated carbocycles. The highest BCUT2D eigenvalue weighted by Crippen LogP contribution is 2.29. The van der Waals surface area contributed by atoms with Crippen LogP contribution in [-0.4, -0.2) is 18.2 Å². The number of amides is 1. The highest BCUT2D eigenvalue weighted by atomic mass is 19.1. The van der Waals surface area contributed by atoms with Crippen LogP contribution in [-0.2, 0) is 4.79 Å². The normalized spacial score (nSPS) is 14.2. The molecule has 1 heterocycles. The molecule has 0 spiro atoms. The lowest BCUT2D eigenvalue weighted by molar-refractivity contribution is -0.114. The molecule has 0 fully saturated rings. The number of benzene rings is 1. The maximum absolute atomic E-state index is 13.1. The Balaban J connectivity index is 2.13. The van der Waals surface area contributed by atoms with Gasteiger partial charge in [-0.25, -0.2) is 4.39 Å². The standard InChI is InChI=1S/C14H16FNO2/c1-2-3-4-5-8-16-12-7-6-10(15)9-11(12)13(17)14(16)18/h6-7,9H,2-5,8H2,1H3. The van der Waals surface area contributed by atoms with Crippen molar-refractivity contribution in [3.05, 3.63) is 29.6 Å². The second-order valence-electron chi connectivity index (χ2n) is 4.51. The third kappa shape index (κ3) is 2.28. The van der Waals surface area contributed by atoms with E-state index in [4.69, 9.17) is 0 Å². The molecule has 0 aromatic heterocycles. The first kappa shape index (κ1) is 12.7. The Hall–Kier alpha value is -1.71. The number of fused-ring (bicyclic) bond motifs is 1. The number of Topliss-reactive ketones (excluding diaryl/α,β-unsaturated/α-hetero) is 1. The van der Waals surface area contributed by atoms with Gasteiger partial charge in [0.05, 0.1) is 11.3 Å². The summed E-state index contributed by atoms with van der Waals surface area (Å²) in [5.41, 5.74) is 0.735. The summed E-state index contributed by atoms with van der Waals surface area (Å²) in [7, 11) is 0. The van der Waals surface area contributed by atoms with Crippen molar-refractivity contribution in [3.8, 4) is 0 Å². The fraction of sp³-hybridized carbons (Fsp3) is 0.429. The molecule has 1 aromatic carbocycles. The number of nitrogens with zero attached hydrogens (tertiary/aromatic N) is 1. The first-order valence-corrected chi connectivity index (χ1v) is 6.31. The highest BCUT2D eigenvalue weighted by molar-refractivity contribution is 6.52. The van der Waals surface area contributed by atoms with E-state index >= 15 is 0 Å². The number of rotatable bonds is 5. The molecular formula is C14H16FNO2. The Bertz CT molecular complexity index is 485. The Labute approximate surface area is 106 Å². The first-order chi connectivity index (χ1) is 8.65. The summed E-state index contributed by atoms with van der Waals surface area (Å²) < 4.78 is 13.1. The molecule has 1 amide bonds. The molecule has 0 radical (unpaired) electrons. The Morgan fingerprint density at radius 3 is 2.67 bits per heavy atom. The quantitative estimate of drug-likeness (QED) is 0.594. The minimum Gasteiger partial charge on any atom is -0.305 e. The summed E-state index contributed by atoms with van der Waals surface area (Å²) in [5, 5.41) is 0. The number of carbonyl (C=O) groups is 2. The van der Waals surface area contributed by atoms with E-state index in [1.165, 1.54) is 17.0 Å². The number of hydrogen-bond donors (Lipinski definition) is 0. The monoisotopic (exact) mass is 249 g/mol. The predicted octanol–water partition coefficient (Wildman–Crippen LogP) is 2.94. The molecule has 0 unspecified atom stereocenters. The lowest BCUT2D eigenvalue weighted by atomic mass is 10.1. The molecule has 0 aliphatic carbocycles. The predicted molar refractivity (Wildman–Crippen MR) is 67.2 cm³/mol. The van der Waals surface area contributed by atoms with Crippen molar-refractivity contribution in [2.24, 2.45) is 0 Å². The number of halogens is 1. The van der Waals surface area contributed by atoms with E-state index in [2.05, 4.69) is 6.92 Å². The maximum Gasteiger partial charge on any atom is 0.299 e. The van der Waals surface area contributed by atoms with Gasteiger partial charge in [0, 0.05) is 6.54 Å². The van der Waals surface area contributed by atoms with Gasteiger partial charge in [-0.1, -0.05) is 26.2 Å². The van der Waals surface area contributed by atoms with Gasteiger partial charge < -0.3 is 4.90 Å². The lowest BCUT2D eigenvalue weighted by Gasteiger charge is -2.16. The van der Waals surface area contributed by atoms with E-state index in [0.29, 0.717) is 12.2 Å². The summed E-state index contributed by atoms with van der Waals surface area (Å²) >= 11 is 0. The molecule has 0 atom stereocenters. The largest absolute Gasteiger partial charge is 0.305 e. The average molecular weight is 249 g/mol. The van der Waals surface area contributed by atoms with Crippen LogP contribution in [0.3, 0.4) is 0 Å². The van der Waals surface area contributed by atoms with Crippen molar-refractivity contribution in [2.45, 2.75) is 32.6 Å². The smallest absolute Gasteiger partial charge is 0.299 e. The van der Waals surface area contributed by atoms with E-state index in [1.807, 2.05) is 0 Å². The van der Waals surface area contributed by atoms with Crippen LogP contribution in [0.5, 0.6) is 0 Å². The topological polar surface area (TPSA) is 37.4 Å². The molecule has 1 aromatic rings. The van der Waals surface area contributed by atoms with Gasteiger partial charge in [-0.15, -0.1) is 0 Å². The Kier molecular flexibility index (Phi) is 3.75. The van der Waals surface area contributed by atoms with Gasteiger partial charge in [0.2, 0.25) is 0 Å². The van der Waals surface area contributed by atoms with Crippen LogP contribution < -0.4 is 4.90 Å². The number of ketones is 1. The minimum absolute atomic E-state index is 0.190. The second kappa shape index (κ2) is 5.29. The van der Waals surface area contributed by atoms with Crippen LogP contribution in [0.15, 0.2) is 18.2 Å². The average Bonchev–Trinajstić information content (AvgIpc) is 2.59. The van der Waals surface area contributed by atoms with Crippen LogP contribution in [0.4, 0.5) is 10.1 Å². The molecule has 0 bridgehead atoms. The molecule has 2 rings (SSSR count). The highest BCUT2D eigenvalue weighted by Gasteiger charge is 2.35. The summed E-state index contributed by atoms with van der Waals surface area (Å²) in [6.07, 6.45) is 4.13. The molecule has 96 valence electrons. The van der Waals surface area contributed by atoms with Gasteiger partial charge in [0.15, 0.2) is 0 Å². The zero-order valence-electron chi connectivity index (χ0n) is 10.4. The summed E-state index contributed by atoms with van der Waals surface area (Å²) in [6.45, 7) is 2.64. The van der Waals surface area contributed by atoms with Gasteiger partial charge in [0.1, 0.15) is 5.82 Å². The molecule has 0 N–H and O–H groups in total. The fourth-order valence-corrected chi connectivity index (χ4v) is 2.19. The SMILES string of the molecule is CCCCCCN1C(=O)C(=O)c2cc(F)ccc21. The van der Waals surface area contributed by atoms with Crippen LogP contribution in [0, 0.1) is 5.82 Å². The molecule has 1 aliphatic rings.